The maximum Gasteiger partial charge on any atom is 0.0664 e. The Morgan fingerprint density at radius 2 is 2.00 bits per heavy atom. The van der Waals surface area contributed by atoms with Crippen LogP contribution in [0, 0.1) is 0 Å². The normalized spacial score (nSPS) is 11.3. The SMILES string of the molecule is CCNCc1cnn(-c2ccc(Cl)c(Cl)c2)c1C(C)C. The number of halogens is 2. The van der Waals surface area contributed by atoms with Gasteiger partial charge >= 0.3 is 0 Å². The molecule has 1 aromatic heterocycles. The highest BCUT2D eigenvalue weighted by Crippen LogP contribution is 2.27. The van der Waals surface area contributed by atoms with Gasteiger partial charge in [0, 0.05) is 12.1 Å². The molecular formula is C15H19Cl2N3. The van der Waals surface area contributed by atoms with Crippen molar-refractivity contribution in [2.75, 3.05) is 6.54 Å². The maximum absolute atomic E-state index is 6.10. The van der Waals surface area contributed by atoms with Crippen LogP contribution in [0.3, 0.4) is 0 Å². The number of rotatable bonds is 5. The molecule has 2 rings (SSSR count). The van der Waals surface area contributed by atoms with Gasteiger partial charge in [-0.2, -0.15) is 5.10 Å². The molecule has 0 aliphatic carbocycles. The van der Waals surface area contributed by atoms with Gasteiger partial charge in [-0.1, -0.05) is 44.0 Å². The molecule has 0 aliphatic heterocycles. The molecule has 20 heavy (non-hydrogen) atoms. The Bertz CT molecular complexity index is 591. The molecule has 1 aromatic carbocycles. The van der Waals surface area contributed by atoms with Gasteiger partial charge < -0.3 is 5.32 Å². The molecule has 1 N–H and O–H groups in total. The fourth-order valence-electron chi connectivity index (χ4n) is 2.23. The zero-order valence-corrected chi connectivity index (χ0v) is 13.5. The summed E-state index contributed by atoms with van der Waals surface area (Å²) in [4.78, 5) is 0. The van der Waals surface area contributed by atoms with Crippen molar-refractivity contribution in [2.24, 2.45) is 0 Å². The lowest BCUT2D eigenvalue weighted by Crippen LogP contribution is -2.14. The van der Waals surface area contributed by atoms with E-state index in [9.17, 15) is 0 Å². The number of benzene rings is 1. The molecule has 2 aromatic rings. The Labute approximate surface area is 129 Å². The Morgan fingerprint density at radius 3 is 2.60 bits per heavy atom. The van der Waals surface area contributed by atoms with Gasteiger partial charge in [-0.15, -0.1) is 0 Å². The van der Waals surface area contributed by atoms with Crippen LogP contribution in [0.1, 0.15) is 37.9 Å². The molecule has 108 valence electrons. The third kappa shape index (κ3) is 3.17. The predicted octanol–water partition coefficient (Wildman–Crippen LogP) is 4.41. The van der Waals surface area contributed by atoms with Crippen LogP contribution < -0.4 is 5.32 Å². The molecule has 3 nitrogen and oxygen atoms in total. The molecule has 0 bridgehead atoms. The van der Waals surface area contributed by atoms with Crippen LogP contribution in [0.4, 0.5) is 0 Å². The molecule has 0 aliphatic rings. The largest absolute Gasteiger partial charge is 0.313 e. The Balaban J connectivity index is 2.45. The highest BCUT2D eigenvalue weighted by atomic mass is 35.5. The van der Waals surface area contributed by atoms with Gasteiger partial charge in [0.25, 0.3) is 0 Å². The smallest absolute Gasteiger partial charge is 0.0664 e. The quantitative estimate of drug-likeness (QED) is 0.886. The molecule has 0 saturated carbocycles. The van der Waals surface area contributed by atoms with Crippen molar-refractivity contribution in [2.45, 2.75) is 33.2 Å². The first-order chi connectivity index (χ1) is 9.54. The Kier molecular flexibility index (Phi) is 5.08. The third-order valence-electron chi connectivity index (χ3n) is 3.15. The summed E-state index contributed by atoms with van der Waals surface area (Å²) in [6.07, 6.45) is 1.92. The van der Waals surface area contributed by atoms with Crippen LogP contribution in [-0.2, 0) is 6.54 Å². The second-order valence-corrected chi connectivity index (χ2v) is 5.81. The van der Waals surface area contributed by atoms with Crippen LogP contribution in [0.15, 0.2) is 24.4 Å². The summed E-state index contributed by atoms with van der Waals surface area (Å²) >= 11 is 12.1. The van der Waals surface area contributed by atoms with Crippen molar-refractivity contribution in [3.63, 3.8) is 0 Å². The monoisotopic (exact) mass is 311 g/mol. The molecule has 0 radical (unpaired) electrons. The molecule has 0 spiro atoms. The van der Waals surface area contributed by atoms with Crippen LogP contribution in [0.5, 0.6) is 0 Å². The van der Waals surface area contributed by atoms with E-state index in [0.29, 0.717) is 16.0 Å². The number of aromatic nitrogens is 2. The second kappa shape index (κ2) is 6.61. The third-order valence-corrected chi connectivity index (χ3v) is 3.89. The van der Waals surface area contributed by atoms with E-state index in [2.05, 4.69) is 31.2 Å². The summed E-state index contributed by atoms with van der Waals surface area (Å²) in [5, 5.41) is 8.95. The van der Waals surface area contributed by atoms with E-state index in [0.717, 1.165) is 18.8 Å². The molecule has 0 unspecified atom stereocenters. The lowest BCUT2D eigenvalue weighted by atomic mass is 10.1. The molecular weight excluding hydrogens is 293 g/mol. The van der Waals surface area contributed by atoms with Crippen LogP contribution in [0.25, 0.3) is 5.69 Å². The minimum absolute atomic E-state index is 0.376. The number of nitrogens with one attached hydrogen (secondary N) is 1. The van der Waals surface area contributed by atoms with Crippen molar-refractivity contribution in [1.82, 2.24) is 15.1 Å². The van der Waals surface area contributed by atoms with E-state index < -0.39 is 0 Å². The second-order valence-electron chi connectivity index (χ2n) is 5.00. The van der Waals surface area contributed by atoms with Crippen molar-refractivity contribution in [3.05, 3.63) is 45.7 Å². The van der Waals surface area contributed by atoms with E-state index in [1.54, 1.807) is 6.07 Å². The van der Waals surface area contributed by atoms with Crippen molar-refractivity contribution in [3.8, 4) is 5.69 Å². The number of nitrogens with zero attached hydrogens (tertiary/aromatic N) is 2. The van der Waals surface area contributed by atoms with Crippen molar-refractivity contribution in [1.29, 1.82) is 0 Å². The van der Waals surface area contributed by atoms with E-state index in [4.69, 9.17) is 23.2 Å². The Hall–Kier alpha value is -1.03. The van der Waals surface area contributed by atoms with E-state index >= 15 is 0 Å². The van der Waals surface area contributed by atoms with Gasteiger partial charge in [0.15, 0.2) is 0 Å². The molecule has 0 atom stereocenters. The Morgan fingerprint density at radius 1 is 1.25 bits per heavy atom. The summed E-state index contributed by atoms with van der Waals surface area (Å²) in [7, 11) is 0. The average molecular weight is 312 g/mol. The number of hydrogen-bond acceptors (Lipinski definition) is 2. The summed E-state index contributed by atoms with van der Waals surface area (Å²) in [6.45, 7) is 8.19. The minimum atomic E-state index is 0.376. The first-order valence-electron chi connectivity index (χ1n) is 6.77. The minimum Gasteiger partial charge on any atom is -0.313 e. The molecule has 0 saturated heterocycles. The van der Waals surface area contributed by atoms with Gasteiger partial charge in [-0.3, -0.25) is 0 Å². The first kappa shape index (κ1) is 15.4. The summed E-state index contributed by atoms with van der Waals surface area (Å²) in [5.74, 6) is 0.376. The topological polar surface area (TPSA) is 29.9 Å². The number of hydrogen-bond donors (Lipinski definition) is 1. The molecule has 5 heteroatoms. The van der Waals surface area contributed by atoms with Crippen LogP contribution in [0.2, 0.25) is 10.0 Å². The molecule has 0 amide bonds. The lowest BCUT2D eigenvalue weighted by molar-refractivity contribution is 0.689. The van der Waals surface area contributed by atoms with Crippen molar-refractivity contribution >= 4 is 23.2 Å². The van der Waals surface area contributed by atoms with Gasteiger partial charge in [0.2, 0.25) is 0 Å². The van der Waals surface area contributed by atoms with Crippen LogP contribution in [-0.4, -0.2) is 16.3 Å². The summed E-state index contributed by atoms with van der Waals surface area (Å²) < 4.78 is 1.94. The standard InChI is InChI=1S/C15H19Cl2N3/c1-4-18-8-11-9-19-20(15(11)10(2)3)12-5-6-13(16)14(17)7-12/h5-7,9-10,18H,4,8H2,1-3H3. The van der Waals surface area contributed by atoms with E-state index in [-0.39, 0.29) is 0 Å². The van der Waals surface area contributed by atoms with Gasteiger partial charge in [-0.25, -0.2) is 4.68 Å². The summed E-state index contributed by atoms with van der Waals surface area (Å²) in [6, 6.07) is 5.58. The van der Waals surface area contributed by atoms with Crippen molar-refractivity contribution < 1.29 is 0 Å². The summed E-state index contributed by atoms with van der Waals surface area (Å²) in [5.41, 5.74) is 3.35. The first-order valence-corrected chi connectivity index (χ1v) is 7.53. The molecule has 0 fully saturated rings. The van der Waals surface area contributed by atoms with E-state index in [1.807, 2.05) is 23.0 Å². The predicted molar refractivity (Wildman–Crippen MR) is 85.1 cm³/mol. The molecule has 1 heterocycles. The average Bonchev–Trinajstić information content (AvgIpc) is 2.83. The fourth-order valence-corrected chi connectivity index (χ4v) is 2.52. The van der Waals surface area contributed by atoms with Gasteiger partial charge in [0.1, 0.15) is 0 Å². The van der Waals surface area contributed by atoms with Gasteiger partial charge in [0.05, 0.1) is 27.6 Å². The zero-order valence-electron chi connectivity index (χ0n) is 12.0. The fraction of sp³-hybridized carbons (Fsp3) is 0.400. The maximum atomic E-state index is 6.10. The lowest BCUT2D eigenvalue weighted by Gasteiger charge is -2.13. The van der Waals surface area contributed by atoms with Gasteiger partial charge in [-0.05, 0) is 30.7 Å². The highest BCUT2D eigenvalue weighted by molar-refractivity contribution is 6.42. The zero-order chi connectivity index (χ0) is 14.7. The highest BCUT2D eigenvalue weighted by Gasteiger charge is 2.15. The van der Waals surface area contributed by atoms with Crippen LogP contribution >= 0.6 is 23.2 Å². The van der Waals surface area contributed by atoms with E-state index in [1.165, 1.54) is 11.3 Å².